The van der Waals surface area contributed by atoms with Gasteiger partial charge >= 0.3 is 5.97 Å². The summed E-state index contributed by atoms with van der Waals surface area (Å²) in [5, 5.41) is 20.1. The molecule has 0 saturated carbocycles. The van der Waals surface area contributed by atoms with Crippen LogP contribution in [0, 0.1) is 10.1 Å². The maximum absolute atomic E-state index is 11.3. The molecular weight excluding hydrogens is 276 g/mol. The van der Waals surface area contributed by atoms with Gasteiger partial charge < -0.3 is 14.7 Å². The Morgan fingerprint density at radius 3 is 2.81 bits per heavy atom. The van der Waals surface area contributed by atoms with E-state index in [9.17, 15) is 20.0 Å². The molecule has 1 aromatic carbocycles. The summed E-state index contributed by atoms with van der Waals surface area (Å²) < 4.78 is 5.06. The lowest BCUT2D eigenvalue weighted by Gasteiger charge is -2.29. The fourth-order valence-electron chi connectivity index (χ4n) is 2.32. The van der Waals surface area contributed by atoms with Crippen LogP contribution in [0.1, 0.15) is 16.8 Å². The summed E-state index contributed by atoms with van der Waals surface area (Å²) in [7, 11) is 1.62. The molecule has 2 rings (SSSR count). The minimum atomic E-state index is -1.09. The molecule has 1 aliphatic rings. The zero-order valence-electron chi connectivity index (χ0n) is 11.6. The lowest BCUT2D eigenvalue weighted by molar-refractivity contribution is -0.384. The average molecular weight is 292 g/mol. The van der Waals surface area contributed by atoms with Crippen molar-refractivity contribution in [2.45, 2.75) is 6.42 Å². The van der Waals surface area contributed by atoms with Gasteiger partial charge in [-0.25, -0.2) is 4.79 Å². The number of methoxy groups -OCH3 is 1. The predicted molar refractivity (Wildman–Crippen MR) is 76.8 cm³/mol. The van der Waals surface area contributed by atoms with Gasteiger partial charge in [-0.05, 0) is 18.1 Å². The van der Waals surface area contributed by atoms with Gasteiger partial charge in [-0.2, -0.15) is 0 Å². The number of hydrogen-bond acceptors (Lipinski definition) is 5. The molecule has 0 atom stereocenters. The molecule has 7 nitrogen and oxygen atoms in total. The Balaban J connectivity index is 2.31. The second kappa shape index (κ2) is 6.36. The van der Waals surface area contributed by atoms with Gasteiger partial charge in [-0.3, -0.25) is 10.1 Å². The summed E-state index contributed by atoms with van der Waals surface area (Å²) in [6, 6.07) is 3.81. The van der Waals surface area contributed by atoms with E-state index in [1.165, 1.54) is 18.2 Å². The van der Waals surface area contributed by atoms with Gasteiger partial charge in [-0.1, -0.05) is 6.08 Å². The summed E-state index contributed by atoms with van der Waals surface area (Å²) in [4.78, 5) is 23.5. The summed E-state index contributed by atoms with van der Waals surface area (Å²) >= 11 is 0. The van der Waals surface area contributed by atoms with Crippen LogP contribution in [0.3, 0.4) is 0 Å². The first-order valence-electron chi connectivity index (χ1n) is 6.46. The first-order valence-corrected chi connectivity index (χ1v) is 6.46. The third kappa shape index (κ3) is 3.38. The predicted octanol–water partition coefficient (Wildman–Crippen LogP) is 2.08. The topological polar surface area (TPSA) is 92.9 Å². The molecule has 1 aliphatic heterocycles. The fourth-order valence-corrected chi connectivity index (χ4v) is 2.32. The van der Waals surface area contributed by atoms with Gasteiger partial charge in [0.2, 0.25) is 0 Å². The third-order valence-electron chi connectivity index (χ3n) is 3.40. The van der Waals surface area contributed by atoms with Crippen molar-refractivity contribution < 1.29 is 19.6 Å². The summed E-state index contributed by atoms with van der Waals surface area (Å²) in [5.41, 5.74) is 1.49. The molecule has 1 N–H and O–H groups in total. The number of aromatic carboxylic acids is 1. The lowest BCUT2D eigenvalue weighted by atomic mass is 10.1. The summed E-state index contributed by atoms with van der Waals surface area (Å²) in [6.45, 7) is 1.67. The number of ether oxygens (including phenoxy) is 1. The molecule has 0 amide bonds. The van der Waals surface area contributed by atoms with Crippen LogP contribution in [0.2, 0.25) is 0 Å². The number of nitrogens with zero attached hydrogens (tertiary/aromatic N) is 2. The summed E-state index contributed by atoms with van der Waals surface area (Å²) in [6.07, 6.45) is 2.72. The highest BCUT2D eigenvalue weighted by atomic mass is 16.6. The van der Waals surface area contributed by atoms with Crippen molar-refractivity contribution in [1.29, 1.82) is 0 Å². The molecule has 0 spiro atoms. The molecule has 0 bridgehead atoms. The molecule has 0 aliphatic carbocycles. The number of benzene rings is 1. The number of nitro benzene ring substituents is 1. The van der Waals surface area contributed by atoms with E-state index >= 15 is 0 Å². The Bertz CT molecular complexity index is 597. The van der Waals surface area contributed by atoms with E-state index in [-0.39, 0.29) is 11.3 Å². The van der Waals surface area contributed by atoms with Crippen molar-refractivity contribution in [3.8, 4) is 0 Å². The van der Waals surface area contributed by atoms with Crippen molar-refractivity contribution in [3.05, 3.63) is 45.5 Å². The van der Waals surface area contributed by atoms with Crippen molar-refractivity contribution >= 4 is 17.3 Å². The van der Waals surface area contributed by atoms with Crippen molar-refractivity contribution in [3.63, 3.8) is 0 Å². The molecule has 0 radical (unpaired) electrons. The number of nitro groups is 1. The van der Waals surface area contributed by atoms with E-state index in [0.29, 0.717) is 25.4 Å². The molecule has 0 saturated heterocycles. The highest BCUT2D eigenvalue weighted by Crippen LogP contribution is 2.28. The Morgan fingerprint density at radius 2 is 2.29 bits per heavy atom. The van der Waals surface area contributed by atoms with Crippen LogP contribution in [0.25, 0.3) is 0 Å². The van der Waals surface area contributed by atoms with E-state index in [0.717, 1.165) is 12.0 Å². The number of carboxylic acids is 1. The third-order valence-corrected chi connectivity index (χ3v) is 3.40. The van der Waals surface area contributed by atoms with Crippen LogP contribution in [0.15, 0.2) is 29.8 Å². The lowest BCUT2D eigenvalue weighted by Crippen LogP contribution is -2.30. The van der Waals surface area contributed by atoms with Gasteiger partial charge in [0, 0.05) is 32.3 Å². The maximum Gasteiger partial charge on any atom is 0.337 e. The van der Waals surface area contributed by atoms with Crippen LogP contribution in [0.5, 0.6) is 0 Å². The molecule has 21 heavy (non-hydrogen) atoms. The Morgan fingerprint density at radius 1 is 1.52 bits per heavy atom. The highest BCUT2D eigenvalue weighted by molar-refractivity contribution is 5.95. The van der Waals surface area contributed by atoms with Crippen LogP contribution < -0.4 is 4.90 Å². The molecule has 0 fully saturated rings. The van der Waals surface area contributed by atoms with Crippen LogP contribution in [0.4, 0.5) is 11.4 Å². The van der Waals surface area contributed by atoms with E-state index < -0.39 is 10.9 Å². The molecule has 1 heterocycles. The Hall–Kier alpha value is -2.41. The molecule has 1 aromatic rings. The van der Waals surface area contributed by atoms with Crippen molar-refractivity contribution in [2.24, 2.45) is 0 Å². The average Bonchev–Trinajstić information content (AvgIpc) is 2.47. The SMILES string of the molecule is COCC1=CCN(c2cc([N+](=O)[O-])ccc2C(=O)O)CC1. The van der Waals surface area contributed by atoms with E-state index in [1.54, 1.807) is 7.11 Å². The van der Waals surface area contributed by atoms with Gasteiger partial charge in [0.05, 0.1) is 22.8 Å². The van der Waals surface area contributed by atoms with Crippen LogP contribution in [-0.2, 0) is 4.74 Å². The van der Waals surface area contributed by atoms with Gasteiger partial charge in [0.25, 0.3) is 5.69 Å². The van der Waals surface area contributed by atoms with Gasteiger partial charge in [-0.15, -0.1) is 0 Å². The molecular formula is C14H16N2O5. The number of hydrogen-bond donors (Lipinski definition) is 1. The zero-order valence-corrected chi connectivity index (χ0v) is 11.6. The van der Waals surface area contributed by atoms with Crippen molar-refractivity contribution in [1.82, 2.24) is 0 Å². The summed E-state index contributed by atoms with van der Waals surface area (Å²) in [5.74, 6) is -1.09. The van der Waals surface area contributed by atoms with E-state index in [1.807, 2.05) is 11.0 Å². The van der Waals surface area contributed by atoms with Gasteiger partial charge in [0.1, 0.15) is 0 Å². The van der Waals surface area contributed by atoms with Crippen LogP contribution >= 0.6 is 0 Å². The minimum absolute atomic E-state index is 0.0733. The fraction of sp³-hybridized carbons (Fsp3) is 0.357. The number of rotatable bonds is 5. The smallest absolute Gasteiger partial charge is 0.337 e. The molecule has 7 heteroatoms. The largest absolute Gasteiger partial charge is 0.478 e. The van der Waals surface area contributed by atoms with E-state index in [2.05, 4.69) is 0 Å². The normalized spacial score (nSPS) is 14.7. The van der Waals surface area contributed by atoms with Crippen LogP contribution in [-0.4, -0.2) is 42.8 Å². The zero-order chi connectivity index (χ0) is 15.4. The second-order valence-electron chi connectivity index (χ2n) is 4.76. The first kappa shape index (κ1) is 15.0. The highest BCUT2D eigenvalue weighted by Gasteiger charge is 2.21. The number of anilines is 1. The standard InChI is InChI=1S/C14H16N2O5/c1-21-9-10-4-6-15(7-5-10)13-8-11(16(19)20)2-3-12(13)14(17)18/h2-4,8H,5-7,9H2,1H3,(H,17,18). The number of carboxylic acid groups (broad SMARTS) is 1. The monoisotopic (exact) mass is 292 g/mol. The van der Waals surface area contributed by atoms with E-state index in [4.69, 9.17) is 4.74 Å². The molecule has 0 aromatic heterocycles. The number of non-ortho nitro benzene ring substituents is 1. The Labute approximate surface area is 121 Å². The van der Waals surface area contributed by atoms with Gasteiger partial charge in [0.15, 0.2) is 0 Å². The molecule has 112 valence electrons. The Kier molecular flexibility index (Phi) is 4.54. The van der Waals surface area contributed by atoms with Crippen molar-refractivity contribution in [2.75, 3.05) is 31.7 Å². The second-order valence-corrected chi connectivity index (χ2v) is 4.76. The molecule has 0 unspecified atom stereocenters. The maximum atomic E-state index is 11.3. The number of carbonyl (C=O) groups is 1. The quantitative estimate of drug-likeness (QED) is 0.507. The first-order chi connectivity index (χ1) is 10.0. The minimum Gasteiger partial charge on any atom is -0.478 e.